The predicted molar refractivity (Wildman–Crippen MR) is 147 cm³/mol. The Labute approximate surface area is 222 Å². The third-order valence-corrected chi connectivity index (χ3v) is 5.95. The van der Waals surface area contributed by atoms with E-state index in [1.807, 2.05) is 44.2 Å². The van der Waals surface area contributed by atoms with Crippen molar-refractivity contribution in [3.8, 4) is 23.0 Å². The molecule has 1 N–H and O–H groups in total. The lowest BCUT2D eigenvalue weighted by Crippen LogP contribution is -2.46. The summed E-state index contributed by atoms with van der Waals surface area (Å²) in [7, 11) is 1.57. The van der Waals surface area contributed by atoms with E-state index in [2.05, 4.69) is 5.32 Å². The fourth-order valence-corrected chi connectivity index (χ4v) is 4.02. The molecule has 1 heterocycles. The molecule has 0 bridgehead atoms. The summed E-state index contributed by atoms with van der Waals surface area (Å²) < 4.78 is 22.5. The first-order chi connectivity index (χ1) is 18.4. The zero-order valence-corrected chi connectivity index (χ0v) is 22.0. The average molecular weight is 517 g/mol. The van der Waals surface area contributed by atoms with Crippen LogP contribution in [0.1, 0.15) is 25.0 Å². The number of benzene rings is 3. The molecule has 0 radical (unpaired) electrons. The van der Waals surface area contributed by atoms with Gasteiger partial charge in [-0.15, -0.1) is 0 Å². The maximum absolute atomic E-state index is 12.9. The molecule has 0 saturated carbocycles. The minimum Gasteiger partial charge on any atom is -0.493 e. The topological polar surface area (TPSA) is 86.3 Å². The number of amides is 2. The van der Waals surface area contributed by atoms with Crippen LogP contribution in [0.15, 0.2) is 66.7 Å². The Kier molecular flexibility index (Phi) is 8.53. The highest BCUT2D eigenvalue weighted by atomic mass is 16.5. The lowest BCUT2D eigenvalue weighted by molar-refractivity contribution is -0.125. The van der Waals surface area contributed by atoms with Gasteiger partial charge < -0.3 is 29.2 Å². The normalized spacial score (nSPS) is 14.6. The van der Waals surface area contributed by atoms with Gasteiger partial charge in [0.15, 0.2) is 17.6 Å². The van der Waals surface area contributed by atoms with E-state index < -0.39 is 6.10 Å². The largest absolute Gasteiger partial charge is 0.493 e. The van der Waals surface area contributed by atoms with Crippen molar-refractivity contribution in [3.63, 3.8) is 0 Å². The molecule has 2 amide bonds. The van der Waals surface area contributed by atoms with Crippen LogP contribution < -0.4 is 29.2 Å². The second-order valence-corrected chi connectivity index (χ2v) is 8.76. The van der Waals surface area contributed by atoms with E-state index in [4.69, 9.17) is 18.9 Å². The monoisotopic (exact) mass is 516 g/mol. The number of nitrogens with zero attached hydrogens (tertiary/aromatic N) is 1. The number of fused-ring (bicyclic) bond motifs is 1. The standard InChI is InChI=1S/C30H32N2O6/c1-5-36-27-13-8-22(18-28(27)35-4)9-15-29(33)31-23-10-14-26-25(19-23)32(30(34)21(3)38-26)16-17-37-24-11-6-20(2)7-12-24/h6-15,18-19,21H,5,16-17H2,1-4H3,(H,31,33)/b15-9+. The number of hydrogen-bond donors (Lipinski definition) is 1. The minimum absolute atomic E-state index is 0.169. The van der Waals surface area contributed by atoms with Crippen molar-refractivity contribution in [1.82, 2.24) is 0 Å². The van der Waals surface area contributed by atoms with Gasteiger partial charge in [0.05, 0.1) is 25.9 Å². The summed E-state index contributed by atoms with van der Waals surface area (Å²) in [5.41, 5.74) is 3.06. The number of carbonyl (C=O) groups excluding carboxylic acids is 2. The highest BCUT2D eigenvalue weighted by molar-refractivity contribution is 6.04. The van der Waals surface area contributed by atoms with Crippen LogP contribution in [0.25, 0.3) is 6.08 Å². The highest BCUT2D eigenvalue weighted by Crippen LogP contribution is 2.36. The van der Waals surface area contributed by atoms with Crippen LogP contribution >= 0.6 is 0 Å². The second kappa shape index (κ2) is 12.2. The molecule has 1 aliphatic rings. The van der Waals surface area contributed by atoms with Crippen LogP contribution in [0, 0.1) is 6.92 Å². The zero-order valence-electron chi connectivity index (χ0n) is 22.0. The number of ether oxygens (including phenoxy) is 4. The summed E-state index contributed by atoms with van der Waals surface area (Å²) in [4.78, 5) is 27.2. The summed E-state index contributed by atoms with van der Waals surface area (Å²) in [6.45, 7) is 6.81. The van der Waals surface area contributed by atoms with E-state index in [-0.39, 0.29) is 11.8 Å². The second-order valence-electron chi connectivity index (χ2n) is 8.76. The molecular weight excluding hydrogens is 484 g/mol. The Hall–Kier alpha value is -4.46. The van der Waals surface area contributed by atoms with Gasteiger partial charge >= 0.3 is 0 Å². The van der Waals surface area contributed by atoms with E-state index in [1.165, 1.54) is 6.08 Å². The lowest BCUT2D eigenvalue weighted by atomic mass is 10.1. The molecular formula is C30H32N2O6. The molecule has 3 aromatic carbocycles. The van der Waals surface area contributed by atoms with Gasteiger partial charge in [-0.1, -0.05) is 23.8 Å². The zero-order chi connectivity index (χ0) is 27.1. The quantitative estimate of drug-likeness (QED) is 0.371. The van der Waals surface area contributed by atoms with Gasteiger partial charge in [-0.05, 0) is 74.9 Å². The van der Waals surface area contributed by atoms with E-state index >= 15 is 0 Å². The fourth-order valence-electron chi connectivity index (χ4n) is 4.02. The molecule has 0 aromatic heterocycles. The summed E-state index contributed by atoms with van der Waals surface area (Å²) >= 11 is 0. The van der Waals surface area contributed by atoms with Gasteiger partial charge in [-0.25, -0.2) is 0 Å². The molecule has 0 spiro atoms. The number of hydrogen-bond acceptors (Lipinski definition) is 6. The van der Waals surface area contributed by atoms with E-state index in [0.29, 0.717) is 48.4 Å². The first-order valence-electron chi connectivity index (χ1n) is 12.5. The van der Waals surface area contributed by atoms with Gasteiger partial charge in [0.1, 0.15) is 18.1 Å². The first kappa shape index (κ1) is 26.6. The van der Waals surface area contributed by atoms with Crippen LogP contribution in [-0.2, 0) is 9.59 Å². The molecule has 38 heavy (non-hydrogen) atoms. The van der Waals surface area contributed by atoms with Crippen molar-refractivity contribution in [2.24, 2.45) is 0 Å². The van der Waals surface area contributed by atoms with E-state index in [9.17, 15) is 9.59 Å². The van der Waals surface area contributed by atoms with Crippen molar-refractivity contribution < 1.29 is 28.5 Å². The highest BCUT2D eigenvalue weighted by Gasteiger charge is 2.31. The van der Waals surface area contributed by atoms with Gasteiger partial charge in [-0.2, -0.15) is 0 Å². The Morgan fingerprint density at radius 2 is 1.84 bits per heavy atom. The Balaban J connectivity index is 1.44. The maximum Gasteiger partial charge on any atom is 0.267 e. The van der Waals surface area contributed by atoms with E-state index in [0.717, 1.165) is 16.9 Å². The first-order valence-corrected chi connectivity index (χ1v) is 12.5. The van der Waals surface area contributed by atoms with Gasteiger partial charge in [-0.3, -0.25) is 9.59 Å². The molecule has 0 aliphatic carbocycles. The SMILES string of the molecule is CCOc1ccc(/C=C/C(=O)Nc2ccc3c(c2)N(CCOc2ccc(C)cc2)C(=O)C(C)O3)cc1OC. The molecule has 0 fully saturated rings. The molecule has 3 aromatic rings. The Bertz CT molecular complexity index is 1320. The summed E-state index contributed by atoms with van der Waals surface area (Å²) in [6.07, 6.45) is 2.51. The molecule has 198 valence electrons. The van der Waals surface area contributed by atoms with Crippen molar-refractivity contribution in [3.05, 3.63) is 77.9 Å². The van der Waals surface area contributed by atoms with Crippen molar-refractivity contribution in [1.29, 1.82) is 0 Å². The number of rotatable bonds is 10. The fraction of sp³-hybridized carbons (Fsp3) is 0.267. The minimum atomic E-state index is -0.614. The van der Waals surface area contributed by atoms with Crippen LogP contribution in [0.5, 0.6) is 23.0 Å². The number of nitrogens with one attached hydrogen (secondary N) is 1. The van der Waals surface area contributed by atoms with Crippen LogP contribution in [-0.4, -0.2) is 44.8 Å². The summed E-state index contributed by atoms with van der Waals surface area (Å²) in [5, 5.41) is 2.85. The molecule has 4 rings (SSSR count). The van der Waals surface area contributed by atoms with Gasteiger partial charge in [0, 0.05) is 11.8 Å². The number of carbonyl (C=O) groups is 2. The molecule has 1 unspecified atom stereocenters. The Morgan fingerprint density at radius 1 is 1.05 bits per heavy atom. The Morgan fingerprint density at radius 3 is 2.58 bits per heavy atom. The van der Waals surface area contributed by atoms with Crippen molar-refractivity contribution >= 4 is 29.3 Å². The third-order valence-electron chi connectivity index (χ3n) is 5.95. The number of methoxy groups -OCH3 is 1. The predicted octanol–water partition coefficient (Wildman–Crippen LogP) is 5.25. The van der Waals surface area contributed by atoms with Crippen molar-refractivity contribution in [2.45, 2.75) is 26.9 Å². The maximum atomic E-state index is 12.9. The van der Waals surface area contributed by atoms with E-state index in [1.54, 1.807) is 55.3 Å². The number of aryl methyl sites for hydroxylation is 1. The summed E-state index contributed by atoms with van der Waals surface area (Å²) in [6, 6.07) is 18.4. The molecule has 8 heteroatoms. The molecule has 1 aliphatic heterocycles. The van der Waals surface area contributed by atoms with Crippen LogP contribution in [0.3, 0.4) is 0 Å². The van der Waals surface area contributed by atoms with Crippen LogP contribution in [0.4, 0.5) is 11.4 Å². The smallest absolute Gasteiger partial charge is 0.267 e. The molecule has 1 atom stereocenters. The van der Waals surface area contributed by atoms with Crippen LogP contribution in [0.2, 0.25) is 0 Å². The lowest BCUT2D eigenvalue weighted by Gasteiger charge is -2.33. The van der Waals surface area contributed by atoms with Gasteiger partial charge in [0.25, 0.3) is 5.91 Å². The molecule has 0 saturated heterocycles. The number of anilines is 2. The third kappa shape index (κ3) is 6.45. The van der Waals surface area contributed by atoms with Crippen molar-refractivity contribution in [2.75, 3.05) is 37.1 Å². The summed E-state index contributed by atoms with van der Waals surface area (Å²) in [5.74, 6) is 2.06. The molecule has 8 nitrogen and oxygen atoms in total. The van der Waals surface area contributed by atoms with Gasteiger partial charge in [0.2, 0.25) is 5.91 Å². The average Bonchev–Trinajstić information content (AvgIpc) is 2.91.